The predicted octanol–water partition coefficient (Wildman–Crippen LogP) is 4.73. The molecule has 26 heavy (non-hydrogen) atoms. The molecule has 0 aromatic carbocycles. The maximum absolute atomic E-state index is 12.1. The van der Waals surface area contributed by atoms with Gasteiger partial charge < -0.3 is 9.47 Å². The van der Waals surface area contributed by atoms with E-state index >= 15 is 0 Å². The Labute approximate surface area is 157 Å². The highest BCUT2D eigenvalue weighted by atomic mass is 16.5. The van der Waals surface area contributed by atoms with Gasteiger partial charge in [-0.05, 0) is 62.4 Å². The summed E-state index contributed by atoms with van der Waals surface area (Å²) in [7, 11) is 0. The largest absolute Gasteiger partial charge is 0.462 e. The molecule has 0 amide bonds. The van der Waals surface area contributed by atoms with Crippen molar-refractivity contribution in [3.05, 3.63) is 23.8 Å². The van der Waals surface area contributed by atoms with Gasteiger partial charge >= 0.3 is 11.9 Å². The van der Waals surface area contributed by atoms with Crippen LogP contribution in [0.25, 0.3) is 0 Å². The molecule has 144 valence electrons. The van der Waals surface area contributed by atoms with Gasteiger partial charge in [-0.15, -0.1) is 0 Å². The fourth-order valence-electron chi connectivity index (χ4n) is 4.75. The van der Waals surface area contributed by atoms with Crippen molar-refractivity contribution < 1.29 is 19.1 Å². The summed E-state index contributed by atoms with van der Waals surface area (Å²) in [5.41, 5.74) is 1.33. The van der Waals surface area contributed by atoms with E-state index < -0.39 is 0 Å². The molecule has 1 aliphatic heterocycles. The molecular formula is C22H32O4. The van der Waals surface area contributed by atoms with Gasteiger partial charge in [0.25, 0.3) is 0 Å². The minimum atomic E-state index is -0.0686. The topological polar surface area (TPSA) is 52.6 Å². The fourth-order valence-corrected chi connectivity index (χ4v) is 4.75. The highest BCUT2D eigenvalue weighted by molar-refractivity contribution is 5.70. The molecule has 0 radical (unpaired) electrons. The SMILES string of the molecule is CCCC(=O)OC1CCC=C2C=C[C@H](C)[C@H](CCC3CCCC(=O)O3)C21. The first kappa shape index (κ1) is 19.2. The summed E-state index contributed by atoms with van der Waals surface area (Å²) in [6.45, 7) is 4.26. The monoisotopic (exact) mass is 360 g/mol. The van der Waals surface area contributed by atoms with E-state index in [1.165, 1.54) is 5.57 Å². The average molecular weight is 360 g/mol. The van der Waals surface area contributed by atoms with E-state index in [0.29, 0.717) is 24.7 Å². The van der Waals surface area contributed by atoms with E-state index in [9.17, 15) is 9.59 Å². The van der Waals surface area contributed by atoms with Crippen molar-refractivity contribution in [2.75, 3.05) is 0 Å². The van der Waals surface area contributed by atoms with Crippen LogP contribution in [-0.4, -0.2) is 24.1 Å². The van der Waals surface area contributed by atoms with Crippen LogP contribution in [0.2, 0.25) is 0 Å². The molecule has 0 aromatic rings. The first-order valence-corrected chi connectivity index (χ1v) is 10.4. The summed E-state index contributed by atoms with van der Waals surface area (Å²) in [6.07, 6.45) is 14.5. The van der Waals surface area contributed by atoms with E-state index in [-0.39, 0.29) is 30.1 Å². The van der Waals surface area contributed by atoms with Crippen LogP contribution in [0, 0.1) is 17.8 Å². The molecule has 0 N–H and O–H groups in total. The zero-order valence-electron chi connectivity index (χ0n) is 16.1. The Bertz CT molecular complexity index is 577. The highest BCUT2D eigenvalue weighted by Crippen LogP contribution is 2.44. The molecule has 1 heterocycles. The Morgan fingerprint density at radius 2 is 2.15 bits per heavy atom. The Kier molecular flexibility index (Phi) is 6.55. The second-order valence-corrected chi connectivity index (χ2v) is 8.05. The molecule has 1 saturated heterocycles. The van der Waals surface area contributed by atoms with Crippen molar-refractivity contribution in [2.45, 2.75) is 83.8 Å². The van der Waals surface area contributed by atoms with Gasteiger partial charge in [-0.1, -0.05) is 32.1 Å². The van der Waals surface area contributed by atoms with E-state index in [2.05, 4.69) is 25.2 Å². The standard InChI is InChI=1S/C22H32O4/c1-3-6-20(23)26-19-9-4-7-16-12-11-15(2)18(22(16)19)14-13-17-8-5-10-21(24)25-17/h7,11-12,15,17-19,22H,3-6,8-10,13-14H2,1-2H3/t15-,17?,18-,19?,22?/m0/s1. The van der Waals surface area contributed by atoms with Crippen molar-refractivity contribution in [2.24, 2.45) is 17.8 Å². The molecule has 3 aliphatic rings. The van der Waals surface area contributed by atoms with Gasteiger partial charge in [-0.3, -0.25) is 9.59 Å². The summed E-state index contributed by atoms with van der Waals surface area (Å²) in [6, 6.07) is 0. The lowest BCUT2D eigenvalue weighted by Crippen LogP contribution is -2.39. The summed E-state index contributed by atoms with van der Waals surface area (Å²) in [4.78, 5) is 23.6. The number of esters is 2. The van der Waals surface area contributed by atoms with Gasteiger partial charge in [0, 0.05) is 18.8 Å². The lowest BCUT2D eigenvalue weighted by Gasteiger charge is -2.42. The van der Waals surface area contributed by atoms with E-state index in [4.69, 9.17) is 9.47 Å². The van der Waals surface area contributed by atoms with Crippen LogP contribution >= 0.6 is 0 Å². The molecule has 4 nitrogen and oxygen atoms in total. The van der Waals surface area contributed by atoms with Gasteiger partial charge in [-0.25, -0.2) is 0 Å². The first-order valence-electron chi connectivity index (χ1n) is 10.4. The number of cyclic esters (lactones) is 1. The third-order valence-corrected chi connectivity index (χ3v) is 6.11. The summed E-state index contributed by atoms with van der Waals surface area (Å²) >= 11 is 0. The van der Waals surface area contributed by atoms with E-state index in [0.717, 1.165) is 44.9 Å². The summed E-state index contributed by atoms with van der Waals surface area (Å²) < 4.78 is 11.4. The first-order chi connectivity index (χ1) is 12.6. The number of hydrogen-bond donors (Lipinski definition) is 0. The number of ether oxygens (including phenoxy) is 2. The molecule has 1 fully saturated rings. The maximum Gasteiger partial charge on any atom is 0.306 e. The number of carbonyl (C=O) groups excluding carboxylic acids is 2. The van der Waals surface area contributed by atoms with Gasteiger partial charge in [0.05, 0.1) is 0 Å². The lowest BCUT2D eigenvalue weighted by atomic mass is 9.66. The second-order valence-electron chi connectivity index (χ2n) is 8.05. The molecule has 4 heteroatoms. The molecule has 5 atom stereocenters. The smallest absolute Gasteiger partial charge is 0.306 e. The molecule has 0 bridgehead atoms. The number of hydrogen-bond acceptors (Lipinski definition) is 4. The molecule has 0 aromatic heterocycles. The van der Waals surface area contributed by atoms with E-state index in [1.54, 1.807) is 0 Å². The van der Waals surface area contributed by atoms with Gasteiger partial charge in [-0.2, -0.15) is 0 Å². The second kappa shape index (κ2) is 8.88. The summed E-state index contributed by atoms with van der Waals surface area (Å²) in [5.74, 6) is 1.04. The van der Waals surface area contributed by atoms with Gasteiger partial charge in [0.1, 0.15) is 12.2 Å². The van der Waals surface area contributed by atoms with Gasteiger partial charge in [0.2, 0.25) is 0 Å². The molecule has 3 rings (SSSR count). The summed E-state index contributed by atoms with van der Waals surface area (Å²) in [5, 5.41) is 0. The average Bonchev–Trinajstić information content (AvgIpc) is 2.61. The molecular weight excluding hydrogens is 328 g/mol. The van der Waals surface area contributed by atoms with Gasteiger partial charge in [0.15, 0.2) is 0 Å². The van der Waals surface area contributed by atoms with Crippen molar-refractivity contribution in [1.29, 1.82) is 0 Å². The third kappa shape index (κ3) is 4.57. The van der Waals surface area contributed by atoms with Crippen LogP contribution in [0.3, 0.4) is 0 Å². The minimum Gasteiger partial charge on any atom is -0.462 e. The van der Waals surface area contributed by atoms with E-state index in [1.807, 2.05) is 6.92 Å². The van der Waals surface area contributed by atoms with Crippen molar-refractivity contribution in [1.82, 2.24) is 0 Å². The van der Waals surface area contributed by atoms with Crippen molar-refractivity contribution >= 4 is 11.9 Å². The predicted molar refractivity (Wildman–Crippen MR) is 100 cm³/mol. The maximum atomic E-state index is 12.1. The third-order valence-electron chi connectivity index (χ3n) is 6.11. The molecule has 3 unspecified atom stereocenters. The van der Waals surface area contributed by atoms with Crippen LogP contribution in [0.5, 0.6) is 0 Å². The Morgan fingerprint density at radius 1 is 1.31 bits per heavy atom. The van der Waals surface area contributed by atoms with Crippen LogP contribution in [0.4, 0.5) is 0 Å². The zero-order chi connectivity index (χ0) is 18.5. The quantitative estimate of drug-likeness (QED) is 0.642. The van der Waals surface area contributed by atoms with Crippen LogP contribution in [-0.2, 0) is 19.1 Å². The highest BCUT2D eigenvalue weighted by Gasteiger charge is 2.40. The molecule has 0 saturated carbocycles. The lowest BCUT2D eigenvalue weighted by molar-refractivity contribution is -0.156. The Balaban J connectivity index is 1.68. The number of carbonyl (C=O) groups is 2. The molecule has 2 aliphatic carbocycles. The van der Waals surface area contributed by atoms with Crippen molar-refractivity contribution in [3.8, 4) is 0 Å². The number of rotatable bonds is 6. The van der Waals surface area contributed by atoms with Crippen LogP contribution in [0.15, 0.2) is 23.8 Å². The Hall–Kier alpha value is -1.58. The number of allylic oxidation sites excluding steroid dienone is 3. The zero-order valence-corrected chi connectivity index (χ0v) is 16.1. The minimum absolute atomic E-state index is 0.0136. The normalized spacial score (nSPS) is 33.8. The van der Waals surface area contributed by atoms with Crippen LogP contribution < -0.4 is 0 Å². The number of fused-ring (bicyclic) bond motifs is 1. The fraction of sp³-hybridized carbons (Fsp3) is 0.727. The Morgan fingerprint density at radius 3 is 2.92 bits per heavy atom. The van der Waals surface area contributed by atoms with Crippen LogP contribution in [0.1, 0.15) is 71.6 Å². The van der Waals surface area contributed by atoms with Crippen molar-refractivity contribution in [3.63, 3.8) is 0 Å². The molecule has 0 spiro atoms.